The molecule has 1 aliphatic heterocycles. The molecule has 0 saturated carbocycles. The van der Waals surface area contributed by atoms with Crippen LogP contribution in [0.4, 0.5) is 22.1 Å². The maximum Gasteiger partial charge on any atom is 0.324 e. The highest BCUT2D eigenvalue weighted by atomic mass is 35.5. The summed E-state index contributed by atoms with van der Waals surface area (Å²) in [6.45, 7) is 2.82. The van der Waals surface area contributed by atoms with Gasteiger partial charge in [-0.25, -0.2) is 14.8 Å². The number of amides is 2. The second kappa shape index (κ2) is 7.65. The summed E-state index contributed by atoms with van der Waals surface area (Å²) in [6.07, 6.45) is 1.41. The number of hydrogen-bond donors (Lipinski definition) is 2. The number of ether oxygens (including phenoxy) is 1. The van der Waals surface area contributed by atoms with Gasteiger partial charge < -0.3 is 15.0 Å². The summed E-state index contributed by atoms with van der Waals surface area (Å²) in [7, 11) is 0. The fraction of sp³-hybridized carbons (Fsp3) is 0.267. The fourth-order valence-corrected chi connectivity index (χ4v) is 2.70. The van der Waals surface area contributed by atoms with Crippen molar-refractivity contribution in [2.45, 2.75) is 0 Å². The molecule has 2 N–H and O–H groups in total. The standard InChI is InChI=1S/C15H15Cl2N5O2/c16-10-1-2-12(11(17)7-10)20-15(23)21-13-8-14(19-9-18-13)22-3-5-24-6-4-22/h1-2,7-9H,3-6H2,(H2,18,19,20,21,23). The number of urea groups is 1. The minimum Gasteiger partial charge on any atom is -0.378 e. The predicted octanol–water partition coefficient (Wildman–Crippen LogP) is 3.26. The van der Waals surface area contributed by atoms with Crippen LogP contribution in [0.2, 0.25) is 10.0 Å². The number of carbonyl (C=O) groups is 1. The Kier molecular flexibility index (Phi) is 5.34. The first-order chi connectivity index (χ1) is 11.6. The molecular weight excluding hydrogens is 353 g/mol. The maximum absolute atomic E-state index is 12.1. The number of anilines is 3. The first-order valence-corrected chi connectivity index (χ1v) is 8.05. The Morgan fingerprint density at radius 3 is 2.67 bits per heavy atom. The van der Waals surface area contributed by atoms with Crippen LogP contribution in [-0.4, -0.2) is 42.3 Å². The van der Waals surface area contributed by atoms with Gasteiger partial charge in [-0.3, -0.25) is 5.32 Å². The zero-order valence-electron chi connectivity index (χ0n) is 12.6. The maximum atomic E-state index is 12.1. The lowest BCUT2D eigenvalue weighted by Crippen LogP contribution is -2.36. The summed E-state index contributed by atoms with van der Waals surface area (Å²) in [4.78, 5) is 22.5. The number of halogens is 2. The Morgan fingerprint density at radius 1 is 1.12 bits per heavy atom. The molecule has 126 valence electrons. The molecule has 9 heteroatoms. The minimum absolute atomic E-state index is 0.356. The topological polar surface area (TPSA) is 79.4 Å². The van der Waals surface area contributed by atoms with Gasteiger partial charge in [0.15, 0.2) is 0 Å². The third-order valence-electron chi connectivity index (χ3n) is 3.41. The Labute approximate surface area is 148 Å². The molecule has 1 fully saturated rings. The molecule has 7 nitrogen and oxygen atoms in total. The first kappa shape index (κ1) is 16.8. The van der Waals surface area contributed by atoms with Crippen molar-refractivity contribution in [3.05, 3.63) is 40.6 Å². The Hall–Kier alpha value is -2.09. The molecule has 1 aromatic heterocycles. The molecule has 2 aromatic rings. The van der Waals surface area contributed by atoms with Gasteiger partial charge in [-0.15, -0.1) is 0 Å². The second-order valence-corrected chi connectivity index (χ2v) is 5.91. The molecule has 0 radical (unpaired) electrons. The van der Waals surface area contributed by atoms with E-state index in [4.69, 9.17) is 27.9 Å². The van der Waals surface area contributed by atoms with Crippen molar-refractivity contribution >= 4 is 46.6 Å². The molecule has 1 saturated heterocycles. The zero-order valence-corrected chi connectivity index (χ0v) is 14.1. The molecule has 0 unspecified atom stereocenters. The SMILES string of the molecule is O=C(Nc1cc(N2CCOCC2)ncn1)Nc1ccc(Cl)cc1Cl. The Morgan fingerprint density at radius 2 is 1.92 bits per heavy atom. The van der Waals surface area contributed by atoms with Crippen LogP contribution < -0.4 is 15.5 Å². The van der Waals surface area contributed by atoms with Crippen LogP contribution in [-0.2, 0) is 4.74 Å². The van der Waals surface area contributed by atoms with Gasteiger partial charge in [0.25, 0.3) is 0 Å². The van der Waals surface area contributed by atoms with Gasteiger partial charge in [-0.2, -0.15) is 0 Å². The molecule has 1 aromatic carbocycles. The van der Waals surface area contributed by atoms with E-state index in [-0.39, 0.29) is 0 Å². The number of nitrogens with one attached hydrogen (secondary N) is 2. The van der Waals surface area contributed by atoms with E-state index >= 15 is 0 Å². The summed E-state index contributed by atoms with van der Waals surface area (Å²) in [5.41, 5.74) is 0.459. The van der Waals surface area contributed by atoms with Crippen molar-refractivity contribution in [1.29, 1.82) is 0 Å². The number of rotatable bonds is 3. The lowest BCUT2D eigenvalue weighted by Gasteiger charge is -2.27. The lowest BCUT2D eigenvalue weighted by atomic mass is 10.3. The van der Waals surface area contributed by atoms with E-state index < -0.39 is 6.03 Å². The zero-order chi connectivity index (χ0) is 16.9. The van der Waals surface area contributed by atoms with Crippen molar-refractivity contribution < 1.29 is 9.53 Å². The van der Waals surface area contributed by atoms with E-state index in [2.05, 4.69) is 25.5 Å². The fourth-order valence-electron chi connectivity index (χ4n) is 2.24. The van der Waals surface area contributed by atoms with Crippen molar-refractivity contribution in [1.82, 2.24) is 9.97 Å². The monoisotopic (exact) mass is 367 g/mol. The lowest BCUT2D eigenvalue weighted by molar-refractivity contribution is 0.122. The summed E-state index contributed by atoms with van der Waals surface area (Å²) >= 11 is 11.9. The van der Waals surface area contributed by atoms with E-state index in [1.54, 1.807) is 24.3 Å². The summed E-state index contributed by atoms with van der Waals surface area (Å²) in [6, 6.07) is 6.09. The van der Waals surface area contributed by atoms with Gasteiger partial charge in [-0.1, -0.05) is 23.2 Å². The molecule has 24 heavy (non-hydrogen) atoms. The highest BCUT2D eigenvalue weighted by Crippen LogP contribution is 2.25. The van der Waals surface area contributed by atoms with Crippen molar-refractivity contribution in [2.75, 3.05) is 41.8 Å². The van der Waals surface area contributed by atoms with Crippen LogP contribution >= 0.6 is 23.2 Å². The largest absolute Gasteiger partial charge is 0.378 e. The van der Waals surface area contributed by atoms with Crippen LogP contribution in [0.15, 0.2) is 30.6 Å². The Bertz CT molecular complexity index is 738. The van der Waals surface area contributed by atoms with Crippen LogP contribution in [0.3, 0.4) is 0 Å². The molecule has 0 aliphatic carbocycles. The summed E-state index contributed by atoms with van der Waals surface area (Å²) < 4.78 is 5.32. The Balaban J connectivity index is 1.65. The number of benzene rings is 1. The third kappa shape index (κ3) is 4.25. The van der Waals surface area contributed by atoms with Crippen LogP contribution in [0, 0.1) is 0 Å². The molecule has 2 heterocycles. The van der Waals surface area contributed by atoms with Crippen LogP contribution in [0.25, 0.3) is 0 Å². The van der Waals surface area contributed by atoms with Crippen molar-refractivity contribution in [2.24, 2.45) is 0 Å². The number of hydrogen-bond acceptors (Lipinski definition) is 5. The van der Waals surface area contributed by atoms with E-state index in [9.17, 15) is 4.79 Å². The van der Waals surface area contributed by atoms with Crippen molar-refractivity contribution in [3.63, 3.8) is 0 Å². The molecule has 0 atom stereocenters. The second-order valence-electron chi connectivity index (χ2n) is 5.06. The highest BCUT2D eigenvalue weighted by molar-refractivity contribution is 6.36. The molecule has 2 amide bonds. The first-order valence-electron chi connectivity index (χ1n) is 7.29. The molecule has 0 spiro atoms. The van der Waals surface area contributed by atoms with Gasteiger partial charge in [0.05, 0.1) is 23.9 Å². The highest BCUT2D eigenvalue weighted by Gasteiger charge is 2.14. The number of nitrogens with zero attached hydrogens (tertiary/aromatic N) is 3. The minimum atomic E-state index is -0.453. The predicted molar refractivity (Wildman–Crippen MR) is 94.2 cm³/mol. The number of aromatic nitrogens is 2. The van der Waals surface area contributed by atoms with E-state index in [1.165, 1.54) is 6.33 Å². The molecule has 0 bridgehead atoms. The van der Waals surface area contributed by atoms with Gasteiger partial charge in [0.2, 0.25) is 0 Å². The molecule has 3 rings (SSSR count). The average molecular weight is 368 g/mol. The summed E-state index contributed by atoms with van der Waals surface area (Å²) in [5, 5.41) is 6.16. The quantitative estimate of drug-likeness (QED) is 0.870. The average Bonchev–Trinajstić information content (AvgIpc) is 2.58. The smallest absolute Gasteiger partial charge is 0.324 e. The van der Waals surface area contributed by atoms with Crippen LogP contribution in [0.5, 0.6) is 0 Å². The molecule has 1 aliphatic rings. The van der Waals surface area contributed by atoms with E-state index in [0.29, 0.717) is 34.8 Å². The van der Waals surface area contributed by atoms with Gasteiger partial charge in [0.1, 0.15) is 18.0 Å². The van der Waals surface area contributed by atoms with Crippen molar-refractivity contribution in [3.8, 4) is 0 Å². The van der Waals surface area contributed by atoms with Gasteiger partial charge in [0, 0.05) is 24.2 Å². The van der Waals surface area contributed by atoms with E-state index in [0.717, 1.165) is 18.9 Å². The van der Waals surface area contributed by atoms with Crippen LogP contribution in [0.1, 0.15) is 0 Å². The number of morpholine rings is 1. The van der Waals surface area contributed by atoms with Gasteiger partial charge in [-0.05, 0) is 18.2 Å². The van der Waals surface area contributed by atoms with Gasteiger partial charge >= 0.3 is 6.03 Å². The van der Waals surface area contributed by atoms with E-state index in [1.807, 2.05) is 0 Å². The summed E-state index contributed by atoms with van der Waals surface area (Å²) in [5.74, 6) is 1.14. The number of carbonyl (C=O) groups excluding carboxylic acids is 1. The normalized spacial score (nSPS) is 14.3. The third-order valence-corrected chi connectivity index (χ3v) is 3.96. The molecular formula is C15H15Cl2N5O2.